The van der Waals surface area contributed by atoms with Gasteiger partial charge in [-0.15, -0.1) is 0 Å². The van der Waals surface area contributed by atoms with Crippen molar-refractivity contribution in [3.63, 3.8) is 0 Å². The molecule has 0 fully saturated rings. The molecule has 90 valence electrons. The van der Waals surface area contributed by atoms with Gasteiger partial charge in [0.1, 0.15) is 0 Å². The number of benzene rings is 1. The van der Waals surface area contributed by atoms with Crippen LogP contribution in [-0.4, -0.2) is 13.2 Å². The molecule has 0 saturated heterocycles. The maximum atomic E-state index is 5.16. The van der Waals surface area contributed by atoms with Gasteiger partial charge in [0.2, 0.25) is 0 Å². The number of aryl methyl sites for hydroxylation is 1. The van der Waals surface area contributed by atoms with Crippen LogP contribution in [0.15, 0.2) is 30.3 Å². The normalized spacial score (nSPS) is 12.1. The van der Waals surface area contributed by atoms with E-state index in [1.807, 2.05) is 13.8 Å². The number of ether oxygens (including phenoxy) is 1. The first-order chi connectivity index (χ1) is 7.72. The highest BCUT2D eigenvalue weighted by molar-refractivity contribution is 5.50. The van der Waals surface area contributed by atoms with Crippen molar-refractivity contribution in [3.05, 3.63) is 41.5 Å². The van der Waals surface area contributed by atoms with Crippen molar-refractivity contribution in [2.24, 2.45) is 0 Å². The fraction of sp³-hybridized carbons (Fsp3) is 0.467. The molecule has 1 aromatic carbocycles. The molecule has 1 rings (SSSR count). The van der Waals surface area contributed by atoms with Crippen LogP contribution in [0.25, 0.3) is 6.08 Å². The lowest BCUT2D eigenvalue weighted by Crippen LogP contribution is -2.01. The van der Waals surface area contributed by atoms with Crippen LogP contribution < -0.4 is 0 Å². The molecule has 1 atom stereocenters. The molecule has 0 N–H and O–H groups in total. The van der Waals surface area contributed by atoms with Crippen molar-refractivity contribution in [1.82, 2.24) is 0 Å². The van der Waals surface area contributed by atoms with Gasteiger partial charge in [0, 0.05) is 7.11 Å². The fourth-order valence-electron chi connectivity index (χ4n) is 1.27. The van der Waals surface area contributed by atoms with Gasteiger partial charge in [-0.05, 0) is 25.8 Å². The monoisotopic (exact) mass is 220 g/mol. The van der Waals surface area contributed by atoms with Gasteiger partial charge < -0.3 is 4.74 Å². The number of hydrogen-bond donors (Lipinski definition) is 0. The van der Waals surface area contributed by atoms with E-state index in [0.29, 0.717) is 6.10 Å². The predicted octanol–water partition coefficient (Wildman–Crippen LogP) is 4.46. The lowest BCUT2D eigenvalue weighted by atomic mass is 10.1. The van der Waals surface area contributed by atoms with Crippen LogP contribution in [0.1, 0.15) is 38.3 Å². The third-order valence-electron chi connectivity index (χ3n) is 2.22. The zero-order chi connectivity index (χ0) is 12.4. The molecule has 0 radical (unpaired) electrons. The molecule has 1 aromatic rings. The Morgan fingerprint density at radius 2 is 2.00 bits per heavy atom. The smallest absolute Gasteiger partial charge is 0.0577 e. The van der Waals surface area contributed by atoms with Crippen LogP contribution in [0, 0.1) is 6.92 Å². The Morgan fingerprint density at radius 3 is 2.56 bits per heavy atom. The average Bonchev–Trinajstić information content (AvgIpc) is 2.31. The zero-order valence-electron chi connectivity index (χ0n) is 11.2. The second-order valence-electron chi connectivity index (χ2n) is 3.60. The summed E-state index contributed by atoms with van der Waals surface area (Å²) in [5.74, 6) is 0. The summed E-state index contributed by atoms with van der Waals surface area (Å²) < 4.78 is 5.16. The van der Waals surface area contributed by atoms with Crippen molar-refractivity contribution in [1.29, 1.82) is 0 Å². The van der Waals surface area contributed by atoms with Gasteiger partial charge in [-0.25, -0.2) is 0 Å². The van der Waals surface area contributed by atoms with E-state index in [-0.39, 0.29) is 0 Å². The average molecular weight is 220 g/mol. The van der Waals surface area contributed by atoms with Crippen LogP contribution in [0.5, 0.6) is 0 Å². The molecule has 0 heterocycles. The van der Waals surface area contributed by atoms with Gasteiger partial charge in [0.25, 0.3) is 0 Å². The molecule has 1 unspecified atom stereocenters. The minimum absolute atomic E-state index is 0.302. The number of rotatable bonds is 4. The third kappa shape index (κ3) is 6.41. The Kier molecular flexibility index (Phi) is 8.55. The Morgan fingerprint density at radius 1 is 1.31 bits per heavy atom. The molecule has 0 bridgehead atoms. The summed E-state index contributed by atoms with van der Waals surface area (Å²) in [7, 11) is 1.74. The summed E-state index contributed by atoms with van der Waals surface area (Å²) in [4.78, 5) is 0. The second kappa shape index (κ2) is 9.17. The van der Waals surface area contributed by atoms with E-state index in [9.17, 15) is 0 Å². The first kappa shape index (κ1) is 14.9. The lowest BCUT2D eigenvalue weighted by molar-refractivity contribution is 0.121. The maximum absolute atomic E-state index is 5.16. The van der Waals surface area contributed by atoms with Gasteiger partial charge >= 0.3 is 0 Å². The molecule has 0 spiro atoms. The van der Waals surface area contributed by atoms with E-state index in [2.05, 4.69) is 50.3 Å². The lowest BCUT2D eigenvalue weighted by Gasteiger charge is -2.04. The molecule has 0 aliphatic rings. The molecule has 1 nitrogen and oxygen atoms in total. The molecule has 0 amide bonds. The Bertz CT molecular complexity index is 302. The Labute approximate surface area is 100 Å². The first-order valence-electron chi connectivity index (χ1n) is 5.98. The predicted molar refractivity (Wildman–Crippen MR) is 72.6 cm³/mol. The van der Waals surface area contributed by atoms with Crippen LogP contribution in [0.2, 0.25) is 0 Å². The molecular weight excluding hydrogens is 196 g/mol. The highest BCUT2D eigenvalue weighted by Crippen LogP contribution is 2.07. The minimum Gasteiger partial charge on any atom is -0.381 e. The zero-order valence-corrected chi connectivity index (χ0v) is 11.2. The standard InChI is InChI=1S/C13H18O.C2H6/c1-11-6-4-8-13(10-11)9-5-7-12(2)14-3;1-2/h4-6,8-10,12H,7H2,1-3H3;1-2H3/b9-5+;. The van der Waals surface area contributed by atoms with Gasteiger partial charge in [-0.1, -0.05) is 55.8 Å². The van der Waals surface area contributed by atoms with Gasteiger partial charge in [0.15, 0.2) is 0 Å². The number of hydrogen-bond acceptors (Lipinski definition) is 1. The first-order valence-corrected chi connectivity index (χ1v) is 5.98. The fourth-order valence-corrected chi connectivity index (χ4v) is 1.27. The van der Waals surface area contributed by atoms with E-state index in [1.54, 1.807) is 7.11 Å². The molecule has 1 heteroatoms. The molecular formula is C15H24O. The SMILES string of the molecule is CC.COC(C)C/C=C/c1cccc(C)c1. The molecule has 16 heavy (non-hydrogen) atoms. The van der Waals surface area contributed by atoms with Crippen LogP contribution >= 0.6 is 0 Å². The molecule has 0 saturated carbocycles. The second-order valence-corrected chi connectivity index (χ2v) is 3.60. The molecule has 0 aliphatic heterocycles. The van der Waals surface area contributed by atoms with E-state index < -0.39 is 0 Å². The van der Waals surface area contributed by atoms with Crippen molar-refractivity contribution in [2.45, 2.75) is 40.2 Å². The largest absolute Gasteiger partial charge is 0.381 e. The van der Waals surface area contributed by atoms with E-state index in [4.69, 9.17) is 4.74 Å². The minimum atomic E-state index is 0.302. The molecule has 0 aliphatic carbocycles. The van der Waals surface area contributed by atoms with Gasteiger partial charge in [0.05, 0.1) is 6.10 Å². The van der Waals surface area contributed by atoms with Crippen molar-refractivity contribution in [3.8, 4) is 0 Å². The van der Waals surface area contributed by atoms with Crippen molar-refractivity contribution >= 4 is 6.08 Å². The van der Waals surface area contributed by atoms with E-state index in [1.165, 1.54) is 11.1 Å². The van der Waals surface area contributed by atoms with Crippen LogP contribution in [0.3, 0.4) is 0 Å². The van der Waals surface area contributed by atoms with E-state index >= 15 is 0 Å². The van der Waals surface area contributed by atoms with Crippen LogP contribution in [-0.2, 0) is 4.74 Å². The summed E-state index contributed by atoms with van der Waals surface area (Å²) in [6.45, 7) is 8.18. The van der Waals surface area contributed by atoms with Gasteiger partial charge in [-0.2, -0.15) is 0 Å². The number of methoxy groups -OCH3 is 1. The highest BCUT2D eigenvalue weighted by Gasteiger charge is 1.93. The Balaban J connectivity index is 0.00000106. The topological polar surface area (TPSA) is 9.23 Å². The Hall–Kier alpha value is -1.08. The van der Waals surface area contributed by atoms with Crippen LogP contribution in [0.4, 0.5) is 0 Å². The summed E-state index contributed by atoms with van der Waals surface area (Å²) >= 11 is 0. The molecule has 0 aromatic heterocycles. The quantitative estimate of drug-likeness (QED) is 0.728. The summed E-state index contributed by atoms with van der Waals surface area (Å²) in [5, 5.41) is 0. The summed E-state index contributed by atoms with van der Waals surface area (Å²) in [6.07, 6.45) is 5.56. The van der Waals surface area contributed by atoms with E-state index in [0.717, 1.165) is 6.42 Å². The van der Waals surface area contributed by atoms with Crippen molar-refractivity contribution < 1.29 is 4.74 Å². The third-order valence-corrected chi connectivity index (χ3v) is 2.22. The van der Waals surface area contributed by atoms with Crippen molar-refractivity contribution in [2.75, 3.05) is 7.11 Å². The maximum Gasteiger partial charge on any atom is 0.0577 e. The van der Waals surface area contributed by atoms with Gasteiger partial charge in [-0.3, -0.25) is 0 Å². The summed E-state index contributed by atoms with van der Waals surface area (Å²) in [6, 6.07) is 8.47. The highest BCUT2D eigenvalue weighted by atomic mass is 16.5. The summed E-state index contributed by atoms with van der Waals surface area (Å²) in [5.41, 5.74) is 2.56.